The van der Waals surface area contributed by atoms with Gasteiger partial charge in [-0.15, -0.1) is 0 Å². The van der Waals surface area contributed by atoms with Crippen LogP contribution in [-0.2, 0) is 6.54 Å². The molecule has 0 aromatic carbocycles. The topological polar surface area (TPSA) is 45.4 Å². The van der Waals surface area contributed by atoms with E-state index in [1.54, 1.807) is 6.07 Å². The maximum atomic E-state index is 13.2. The van der Waals surface area contributed by atoms with Crippen LogP contribution in [0, 0.1) is 12.9 Å². The van der Waals surface area contributed by atoms with E-state index in [4.69, 9.17) is 4.52 Å². The highest BCUT2D eigenvalue weighted by atomic mass is 19.1. The molecule has 1 fully saturated rings. The smallest absolute Gasteiger partial charge is 0.214 e. The SMILES string of the molecule is Cc1cc(CN2CCN(c3cccc(F)n3)C(C)C2)on1. The van der Waals surface area contributed by atoms with Crippen LogP contribution in [0.3, 0.4) is 0 Å². The minimum Gasteiger partial charge on any atom is -0.360 e. The molecule has 1 saturated heterocycles. The molecular formula is C15H19FN4O. The van der Waals surface area contributed by atoms with Crippen LogP contribution in [0.2, 0.25) is 0 Å². The molecule has 1 atom stereocenters. The number of piperazine rings is 1. The van der Waals surface area contributed by atoms with Gasteiger partial charge >= 0.3 is 0 Å². The van der Waals surface area contributed by atoms with Gasteiger partial charge in [0.15, 0.2) is 5.76 Å². The third-order valence-corrected chi connectivity index (χ3v) is 3.76. The summed E-state index contributed by atoms with van der Waals surface area (Å²) in [5.41, 5.74) is 0.903. The average Bonchev–Trinajstić information content (AvgIpc) is 2.84. The summed E-state index contributed by atoms with van der Waals surface area (Å²) >= 11 is 0. The predicted octanol–water partition coefficient (Wildman–Crippen LogP) is 2.23. The fraction of sp³-hybridized carbons (Fsp3) is 0.467. The first kappa shape index (κ1) is 14.0. The van der Waals surface area contributed by atoms with Crippen molar-refractivity contribution in [3.8, 4) is 0 Å². The molecule has 0 amide bonds. The summed E-state index contributed by atoms with van der Waals surface area (Å²) in [6, 6.07) is 7.17. The Hall–Kier alpha value is -1.95. The lowest BCUT2D eigenvalue weighted by molar-refractivity contribution is 0.197. The molecule has 1 aliphatic rings. The van der Waals surface area contributed by atoms with Crippen molar-refractivity contribution in [2.45, 2.75) is 26.4 Å². The van der Waals surface area contributed by atoms with Gasteiger partial charge in [-0.05, 0) is 26.0 Å². The van der Waals surface area contributed by atoms with Gasteiger partial charge in [0.1, 0.15) is 5.82 Å². The molecule has 21 heavy (non-hydrogen) atoms. The second-order valence-electron chi connectivity index (χ2n) is 5.53. The Bertz CT molecular complexity index is 615. The first-order valence-electron chi connectivity index (χ1n) is 7.15. The van der Waals surface area contributed by atoms with E-state index in [-0.39, 0.29) is 6.04 Å². The summed E-state index contributed by atoms with van der Waals surface area (Å²) in [4.78, 5) is 8.44. The molecule has 0 bridgehead atoms. The maximum absolute atomic E-state index is 13.2. The monoisotopic (exact) mass is 290 g/mol. The van der Waals surface area contributed by atoms with E-state index in [1.807, 2.05) is 19.1 Å². The van der Waals surface area contributed by atoms with Gasteiger partial charge in [-0.2, -0.15) is 4.39 Å². The Kier molecular flexibility index (Phi) is 3.88. The fourth-order valence-corrected chi connectivity index (χ4v) is 2.79. The van der Waals surface area contributed by atoms with Gasteiger partial charge in [-0.1, -0.05) is 11.2 Å². The fourth-order valence-electron chi connectivity index (χ4n) is 2.79. The van der Waals surface area contributed by atoms with Crippen molar-refractivity contribution in [3.05, 3.63) is 41.7 Å². The lowest BCUT2D eigenvalue weighted by Gasteiger charge is -2.40. The Labute approximate surface area is 123 Å². The zero-order valence-electron chi connectivity index (χ0n) is 12.3. The number of halogens is 1. The highest BCUT2D eigenvalue weighted by molar-refractivity contribution is 5.40. The highest BCUT2D eigenvalue weighted by Gasteiger charge is 2.25. The van der Waals surface area contributed by atoms with Crippen LogP contribution in [0.4, 0.5) is 10.2 Å². The molecule has 1 unspecified atom stereocenters. The number of pyridine rings is 1. The van der Waals surface area contributed by atoms with E-state index in [2.05, 4.69) is 26.9 Å². The number of aromatic nitrogens is 2. The molecular weight excluding hydrogens is 271 g/mol. The van der Waals surface area contributed by atoms with E-state index in [9.17, 15) is 4.39 Å². The zero-order chi connectivity index (χ0) is 14.8. The largest absolute Gasteiger partial charge is 0.360 e. The van der Waals surface area contributed by atoms with E-state index in [1.165, 1.54) is 6.07 Å². The normalized spacial score (nSPS) is 20.0. The molecule has 0 N–H and O–H groups in total. The van der Waals surface area contributed by atoms with Crippen molar-refractivity contribution >= 4 is 5.82 Å². The van der Waals surface area contributed by atoms with Crippen LogP contribution < -0.4 is 4.90 Å². The molecule has 1 aliphatic heterocycles. The summed E-state index contributed by atoms with van der Waals surface area (Å²) in [6.07, 6.45) is 0. The summed E-state index contributed by atoms with van der Waals surface area (Å²) in [7, 11) is 0. The molecule has 0 radical (unpaired) electrons. The first-order chi connectivity index (χ1) is 10.1. The van der Waals surface area contributed by atoms with Gasteiger partial charge in [0.25, 0.3) is 0 Å². The van der Waals surface area contributed by atoms with Gasteiger partial charge < -0.3 is 9.42 Å². The molecule has 5 nitrogen and oxygen atoms in total. The number of rotatable bonds is 3. The van der Waals surface area contributed by atoms with Crippen LogP contribution in [0.25, 0.3) is 0 Å². The van der Waals surface area contributed by atoms with Gasteiger partial charge in [0.05, 0.1) is 12.2 Å². The molecule has 2 aromatic heterocycles. The summed E-state index contributed by atoms with van der Waals surface area (Å²) in [5, 5.41) is 3.91. The average molecular weight is 290 g/mol. The molecule has 0 spiro atoms. The maximum Gasteiger partial charge on any atom is 0.214 e. The minimum atomic E-state index is -0.431. The third kappa shape index (κ3) is 3.21. The Morgan fingerprint density at radius 3 is 2.90 bits per heavy atom. The van der Waals surface area contributed by atoms with Crippen molar-refractivity contribution in [2.24, 2.45) is 0 Å². The molecule has 3 rings (SSSR count). The number of hydrogen-bond acceptors (Lipinski definition) is 5. The van der Waals surface area contributed by atoms with Crippen LogP contribution in [-0.4, -0.2) is 40.7 Å². The molecule has 0 saturated carbocycles. The van der Waals surface area contributed by atoms with Gasteiger partial charge in [0.2, 0.25) is 5.95 Å². The van der Waals surface area contributed by atoms with Crippen LogP contribution >= 0.6 is 0 Å². The van der Waals surface area contributed by atoms with Crippen LogP contribution in [0.5, 0.6) is 0 Å². The first-order valence-corrected chi connectivity index (χ1v) is 7.15. The lowest BCUT2D eigenvalue weighted by Crippen LogP contribution is -2.51. The van der Waals surface area contributed by atoms with E-state index in [0.717, 1.165) is 37.6 Å². The second kappa shape index (κ2) is 5.81. The van der Waals surface area contributed by atoms with E-state index in [0.29, 0.717) is 5.82 Å². The Morgan fingerprint density at radius 2 is 2.24 bits per heavy atom. The lowest BCUT2D eigenvalue weighted by atomic mass is 10.2. The molecule has 112 valence electrons. The number of nitrogens with zero attached hydrogens (tertiary/aromatic N) is 4. The third-order valence-electron chi connectivity index (χ3n) is 3.76. The molecule has 6 heteroatoms. The van der Waals surface area contributed by atoms with Crippen molar-refractivity contribution < 1.29 is 8.91 Å². The predicted molar refractivity (Wildman–Crippen MR) is 77.5 cm³/mol. The van der Waals surface area contributed by atoms with Gasteiger partial charge in [-0.25, -0.2) is 4.98 Å². The Morgan fingerprint density at radius 1 is 1.38 bits per heavy atom. The summed E-state index contributed by atoms with van der Waals surface area (Å²) in [5.74, 6) is 1.16. The van der Waals surface area contributed by atoms with E-state index >= 15 is 0 Å². The minimum absolute atomic E-state index is 0.275. The standard InChI is InChI=1S/C15H19FN4O/c1-11-8-13(21-18-11)10-19-6-7-20(12(2)9-19)15-5-3-4-14(16)17-15/h3-5,8,12H,6-7,9-10H2,1-2H3. The number of anilines is 1. The summed E-state index contributed by atoms with van der Waals surface area (Å²) < 4.78 is 18.5. The second-order valence-corrected chi connectivity index (χ2v) is 5.53. The van der Waals surface area contributed by atoms with E-state index < -0.39 is 5.95 Å². The molecule has 0 aliphatic carbocycles. The number of hydrogen-bond donors (Lipinski definition) is 0. The van der Waals surface area contributed by atoms with Crippen LogP contribution in [0.15, 0.2) is 28.8 Å². The Balaban J connectivity index is 1.64. The number of aryl methyl sites for hydroxylation is 1. The van der Waals surface area contributed by atoms with Crippen molar-refractivity contribution in [1.29, 1.82) is 0 Å². The quantitative estimate of drug-likeness (QED) is 0.811. The van der Waals surface area contributed by atoms with Gasteiger partial charge in [0, 0.05) is 31.7 Å². The van der Waals surface area contributed by atoms with Crippen molar-refractivity contribution in [3.63, 3.8) is 0 Å². The molecule has 2 aromatic rings. The van der Waals surface area contributed by atoms with Crippen molar-refractivity contribution in [1.82, 2.24) is 15.0 Å². The highest BCUT2D eigenvalue weighted by Crippen LogP contribution is 2.19. The summed E-state index contributed by atoms with van der Waals surface area (Å²) in [6.45, 7) is 7.41. The van der Waals surface area contributed by atoms with Crippen LogP contribution in [0.1, 0.15) is 18.4 Å². The van der Waals surface area contributed by atoms with Crippen molar-refractivity contribution in [2.75, 3.05) is 24.5 Å². The van der Waals surface area contributed by atoms with Gasteiger partial charge in [-0.3, -0.25) is 4.90 Å². The zero-order valence-corrected chi connectivity index (χ0v) is 12.3. The molecule has 3 heterocycles.